The molecule has 30 heavy (non-hydrogen) atoms. The summed E-state index contributed by atoms with van der Waals surface area (Å²) >= 11 is 1.29. The minimum atomic E-state index is -0.487. The maximum absolute atomic E-state index is 14.3. The predicted molar refractivity (Wildman–Crippen MR) is 113 cm³/mol. The van der Waals surface area contributed by atoms with Crippen molar-refractivity contribution in [3.63, 3.8) is 0 Å². The molecule has 2 aliphatic rings. The number of thiophene rings is 1. The summed E-state index contributed by atoms with van der Waals surface area (Å²) in [6.07, 6.45) is 5.13. The minimum absolute atomic E-state index is 0.235. The number of anilines is 2. The summed E-state index contributed by atoms with van der Waals surface area (Å²) in [7, 11) is 0. The summed E-state index contributed by atoms with van der Waals surface area (Å²) in [6.45, 7) is 4.81. The SMILES string of the molecule is Cc1cn2cc(NC(=O)c3cc4ncc(N5CC6CNCC65)nc4s3)cc(F)c2n1. The van der Waals surface area contributed by atoms with Crippen molar-refractivity contribution in [2.24, 2.45) is 5.92 Å². The molecule has 6 rings (SSSR count). The van der Waals surface area contributed by atoms with E-state index in [9.17, 15) is 9.18 Å². The number of hydrogen-bond donors (Lipinski definition) is 2. The number of rotatable bonds is 3. The Morgan fingerprint density at radius 2 is 2.20 bits per heavy atom. The van der Waals surface area contributed by atoms with Gasteiger partial charge in [0.1, 0.15) is 16.2 Å². The number of aromatic nitrogens is 4. The predicted octanol–water partition coefficient (Wildman–Crippen LogP) is 2.45. The van der Waals surface area contributed by atoms with E-state index >= 15 is 0 Å². The van der Waals surface area contributed by atoms with Crippen LogP contribution in [0, 0.1) is 18.7 Å². The Balaban J connectivity index is 1.26. The summed E-state index contributed by atoms with van der Waals surface area (Å²) in [5.41, 5.74) is 1.99. The van der Waals surface area contributed by atoms with Crippen molar-refractivity contribution in [2.75, 3.05) is 29.9 Å². The highest BCUT2D eigenvalue weighted by molar-refractivity contribution is 7.20. The third-order valence-corrected chi connectivity index (χ3v) is 6.78. The van der Waals surface area contributed by atoms with Gasteiger partial charge in [-0.25, -0.2) is 19.3 Å². The molecular formula is C20H18FN7OS. The maximum atomic E-state index is 14.3. The molecule has 152 valence electrons. The number of halogens is 1. The zero-order valence-electron chi connectivity index (χ0n) is 16.1. The van der Waals surface area contributed by atoms with E-state index < -0.39 is 5.82 Å². The Labute approximate surface area is 174 Å². The van der Waals surface area contributed by atoms with Gasteiger partial charge in [0.15, 0.2) is 11.5 Å². The molecule has 2 fully saturated rings. The number of hydrogen-bond acceptors (Lipinski definition) is 7. The van der Waals surface area contributed by atoms with Crippen LogP contribution in [0.3, 0.4) is 0 Å². The highest BCUT2D eigenvalue weighted by Crippen LogP contribution is 2.33. The van der Waals surface area contributed by atoms with Gasteiger partial charge < -0.3 is 19.9 Å². The largest absolute Gasteiger partial charge is 0.350 e. The molecule has 0 radical (unpaired) electrons. The molecule has 10 heteroatoms. The molecule has 6 heterocycles. The van der Waals surface area contributed by atoms with Crippen LogP contribution < -0.4 is 15.5 Å². The van der Waals surface area contributed by atoms with Gasteiger partial charge >= 0.3 is 0 Å². The number of imidazole rings is 1. The van der Waals surface area contributed by atoms with E-state index in [2.05, 4.69) is 25.5 Å². The average molecular weight is 423 g/mol. The van der Waals surface area contributed by atoms with Gasteiger partial charge in [-0.1, -0.05) is 0 Å². The van der Waals surface area contributed by atoms with Crippen molar-refractivity contribution in [3.8, 4) is 0 Å². The number of nitrogens with one attached hydrogen (secondary N) is 2. The van der Waals surface area contributed by atoms with E-state index in [-0.39, 0.29) is 11.6 Å². The normalized spacial score (nSPS) is 20.5. The molecule has 0 aromatic carbocycles. The lowest BCUT2D eigenvalue weighted by Gasteiger charge is -2.44. The topological polar surface area (TPSA) is 87.5 Å². The van der Waals surface area contributed by atoms with Crippen LogP contribution in [-0.4, -0.2) is 50.9 Å². The Bertz CT molecular complexity index is 1320. The van der Waals surface area contributed by atoms with E-state index in [0.29, 0.717) is 33.7 Å². The molecule has 1 amide bonds. The number of carbonyl (C=O) groups excluding carboxylic acids is 1. The van der Waals surface area contributed by atoms with Crippen LogP contribution in [0.15, 0.2) is 30.7 Å². The first kappa shape index (κ1) is 17.7. The second kappa shape index (κ2) is 6.44. The van der Waals surface area contributed by atoms with Crippen molar-refractivity contribution in [2.45, 2.75) is 13.0 Å². The van der Waals surface area contributed by atoms with Crippen molar-refractivity contribution in [1.82, 2.24) is 24.7 Å². The molecule has 8 nitrogen and oxygen atoms in total. The lowest BCUT2D eigenvalue weighted by molar-refractivity contribution is 0.103. The van der Waals surface area contributed by atoms with Crippen LogP contribution in [-0.2, 0) is 0 Å². The summed E-state index contributed by atoms with van der Waals surface area (Å²) in [6, 6.07) is 3.48. The van der Waals surface area contributed by atoms with Gasteiger partial charge in [0, 0.05) is 50.1 Å². The lowest BCUT2D eigenvalue weighted by Crippen LogP contribution is -2.56. The maximum Gasteiger partial charge on any atom is 0.265 e. The van der Waals surface area contributed by atoms with Crippen LogP contribution in [0.25, 0.3) is 16.0 Å². The van der Waals surface area contributed by atoms with Crippen LogP contribution in [0.2, 0.25) is 0 Å². The highest BCUT2D eigenvalue weighted by atomic mass is 32.1. The molecule has 0 spiro atoms. The molecular weight excluding hydrogens is 405 g/mol. The van der Waals surface area contributed by atoms with E-state index in [1.807, 2.05) is 0 Å². The molecule has 2 unspecified atom stereocenters. The minimum Gasteiger partial charge on any atom is -0.350 e. The molecule has 4 aromatic rings. The molecule has 2 N–H and O–H groups in total. The van der Waals surface area contributed by atoms with E-state index in [4.69, 9.17) is 4.98 Å². The van der Waals surface area contributed by atoms with Crippen LogP contribution in [0.5, 0.6) is 0 Å². The van der Waals surface area contributed by atoms with Crippen molar-refractivity contribution >= 4 is 44.7 Å². The highest BCUT2D eigenvalue weighted by Gasteiger charge is 2.42. The Morgan fingerprint density at radius 3 is 3.07 bits per heavy atom. The lowest BCUT2D eigenvalue weighted by atomic mass is 9.92. The monoisotopic (exact) mass is 423 g/mol. The molecule has 0 saturated carbocycles. The van der Waals surface area contributed by atoms with Gasteiger partial charge in [-0.2, -0.15) is 0 Å². The van der Waals surface area contributed by atoms with Crippen molar-refractivity contribution in [3.05, 3.63) is 47.1 Å². The first-order chi connectivity index (χ1) is 14.5. The zero-order valence-corrected chi connectivity index (χ0v) is 16.9. The fourth-order valence-corrected chi connectivity index (χ4v) is 5.16. The van der Waals surface area contributed by atoms with Gasteiger partial charge in [0.25, 0.3) is 5.91 Å². The van der Waals surface area contributed by atoms with Crippen molar-refractivity contribution < 1.29 is 9.18 Å². The van der Waals surface area contributed by atoms with Crippen LogP contribution in [0.1, 0.15) is 15.4 Å². The Hall–Kier alpha value is -3.11. The smallest absolute Gasteiger partial charge is 0.265 e. The summed E-state index contributed by atoms with van der Waals surface area (Å²) in [4.78, 5) is 29.6. The summed E-state index contributed by atoms with van der Waals surface area (Å²) in [5, 5.41) is 6.17. The molecule has 0 bridgehead atoms. The Morgan fingerprint density at radius 1 is 1.30 bits per heavy atom. The first-order valence-electron chi connectivity index (χ1n) is 9.75. The number of pyridine rings is 1. The standard InChI is InChI=1S/C20H18FN7OS/c1-10-7-27-9-12(2-13(21)18(27)24-10)25-19(29)16-3-14-20(30-16)26-17(6-23-14)28-8-11-4-22-5-15(11)28/h2-3,6-7,9,11,15,22H,4-5,8H2,1H3,(H,25,29). The number of nitrogens with zero attached hydrogens (tertiary/aromatic N) is 5. The molecule has 2 atom stereocenters. The van der Waals surface area contributed by atoms with Gasteiger partial charge in [0.05, 0.1) is 22.5 Å². The van der Waals surface area contributed by atoms with Gasteiger partial charge in [0.2, 0.25) is 0 Å². The molecule has 4 aromatic heterocycles. The fourth-order valence-electron chi connectivity index (χ4n) is 4.28. The van der Waals surface area contributed by atoms with E-state index in [1.165, 1.54) is 17.4 Å². The molecule has 0 aliphatic carbocycles. The Kier molecular flexibility index (Phi) is 3.81. The van der Waals surface area contributed by atoms with Crippen LogP contribution in [0.4, 0.5) is 15.9 Å². The number of fused-ring (bicyclic) bond motifs is 3. The summed E-state index contributed by atoms with van der Waals surface area (Å²) < 4.78 is 15.8. The second-order valence-corrected chi connectivity index (χ2v) is 8.84. The van der Waals surface area contributed by atoms with E-state index in [1.54, 1.807) is 36.0 Å². The van der Waals surface area contributed by atoms with Gasteiger partial charge in [-0.15, -0.1) is 11.3 Å². The molecule has 2 saturated heterocycles. The average Bonchev–Trinajstić information content (AvgIpc) is 3.38. The third kappa shape index (κ3) is 2.75. The second-order valence-electron chi connectivity index (χ2n) is 7.81. The zero-order chi connectivity index (χ0) is 20.4. The van der Waals surface area contributed by atoms with E-state index in [0.717, 1.165) is 30.3 Å². The number of amides is 1. The summed E-state index contributed by atoms with van der Waals surface area (Å²) in [5.74, 6) is 0.730. The first-order valence-corrected chi connectivity index (χ1v) is 10.6. The van der Waals surface area contributed by atoms with Gasteiger partial charge in [-0.05, 0) is 13.0 Å². The van der Waals surface area contributed by atoms with Crippen molar-refractivity contribution in [1.29, 1.82) is 0 Å². The third-order valence-electron chi connectivity index (χ3n) is 5.77. The fraction of sp³-hybridized carbons (Fsp3) is 0.300. The number of carbonyl (C=O) groups is 1. The van der Waals surface area contributed by atoms with Crippen LogP contribution >= 0.6 is 11.3 Å². The van der Waals surface area contributed by atoms with Gasteiger partial charge in [-0.3, -0.25) is 4.79 Å². The number of aryl methyl sites for hydroxylation is 1. The quantitative estimate of drug-likeness (QED) is 0.526. The molecule has 2 aliphatic heterocycles.